The van der Waals surface area contributed by atoms with Gasteiger partial charge < -0.3 is 15.8 Å². The summed E-state index contributed by atoms with van der Waals surface area (Å²) in [5.41, 5.74) is 5.27. The maximum atomic E-state index is 12.3. The molecular weight excluding hydrogens is 332 g/mol. The average Bonchev–Trinajstić information content (AvgIpc) is 2.53. The van der Waals surface area contributed by atoms with E-state index in [1.807, 2.05) is 13.8 Å². The fourth-order valence-electron chi connectivity index (χ4n) is 1.83. The molecule has 0 saturated heterocycles. The predicted octanol–water partition coefficient (Wildman–Crippen LogP) is 2.52. The number of benzene rings is 1. The van der Waals surface area contributed by atoms with Gasteiger partial charge in [-0.1, -0.05) is 25.4 Å². The highest BCUT2D eigenvalue weighted by Gasteiger charge is 2.18. The molecule has 126 valence electrons. The van der Waals surface area contributed by atoms with Crippen molar-refractivity contribution in [3.8, 4) is 5.75 Å². The zero-order chi connectivity index (χ0) is 17.7. The molecule has 0 aliphatic rings. The molecule has 3 N–H and O–H groups in total. The van der Waals surface area contributed by atoms with E-state index in [1.54, 1.807) is 18.2 Å². The number of primary amides is 1. The van der Waals surface area contributed by atoms with Gasteiger partial charge in [-0.2, -0.15) is 0 Å². The lowest BCUT2D eigenvalue weighted by molar-refractivity contribution is 0.0969. The number of carbonyl (C=O) groups is 2. The topological polar surface area (TPSA) is 107 Å². The van der Waals surface area contributed by atoms with E-state index in [-0.39, 0.29) is 11.4 Å². The molecule has 0 atom stereocenters. The third-order valence-electron chi connectivity index (χ3n) is 2.91. The first-order valence-corrected chi connectivity index (χ1v) is 7.60. The van der Waals surface area contributed by atoms with Gasteiger partial charge in [0.15, 0.2) is 11.4 Å². The predicted molar refractivity (Wildman–Crippen MR) is 90.3 cm³/mol. The van der Waals surface area contributed by atoms with Crippen LogP contribution in [0.5, 0.6) is 5.75 Å². The van der Waals surface area contributed by atoms with Crippen molar-refractivity contribution in [1.82, 2.24) is 9.97 Å². The van der Waals surface area contributed by atoms with Crippen molar-refractivity contribution in [3.63, 3.8) is 0 Å². The van der Waals surface area contributed by atoms with Crippen LogP contribution in [-0.2, 0) is 0 Å². The smallest absolute Gasteiger partial charge is 0.276 e. The zero-order valence-electron chi connectivity index (χ0n) is 13.2. The largest absolute Gasteiger partial charge is 0.492 e. The molecule has 2 amide bonds. The van der Waals surface area contributed by atoms with Crippen LogP contribution in [0, 0.1) is 5.92 Å². The summed E-state index contributed by atoms with van der Waals surface area (Å²) in [4.78, 5) is 31.2. The van der Waals surface area contributed by atoms with Crippen LogP contribution >= 0.6 is 11.6 Å². The van der Waals surface area contributed by atoms with E-state index >= 15 is 0 Å². The molecule has 0 bridgehead atoms. The number of halogens is 1. The summed E-state index contributed by atoms with van der Waals surface area (Å²) < 4.78 is 5.57. The molecule has 8 heteroatoms. The molecule has 0 radical (unpaired) electrons. The summed E-state index contributed by atoms with van der Waals surface area (Å²) in [6.45, 7) is 4.59. The molecule has 1 aromatic carbocycles. The highest BCUT2D eigenvalue weighted by Crippen LogP contribution is 2.28. The number of ether oxygens (including phenoxy) is 1. The molecule has 0 aliphatic heterocycles. The molecule has 0 unspecified atom stereocenters. The molecule has 7 nitrogen and oxygen atoms in total. The Bertz CT molecular complexity index is 765. The summed E-state index contributed by atoms with van der Waals surface area (Å²) in [5.74, 6) is -0.544. The number of aromatic nitrogens is 2. The monoisotopic (exact) mass is 348 g/mol. The Kier molecular flexibility index (Phi) is 5.70. The van der Waals surface area contributed by atoms with Crippen molar-refractivity contribution in [2.24, 2.45) is 11.7 Å². The minimum Gasteiger partial charge on any atom is -0.492 e. The Labute approximate surface area is 144 Å². The number of hydrogen-bond acceptors (Lipinski definition) is 5. The Balaban J connectivity index is 2.15. The van der Waals surface area contributed by atoms with E-state index in [1.165, 1.54) is 12.4 Å². The van der Waals surface area contributed by atoms with Crippen LogP contribution in [0.1, 0.15) is 34.8 Å². The molecule has 0 fully saturated rings. The average molecular weight is 349 g/mol. The van der Waals surface area contributed by atoms with E-state index in [9.17, 15) is 9.59 Å². The molecule has 1 aromatic heterocycles. The summed E-state index contributed by atoms with van der Waals surface area (Å²) >= 11 is 6.15. The molecule has 0 spiro atoms. The van der Waals surface area contributed by atoms with Gasteiger partial charge in [0.2, 0.25) is 0 Å². The Morgan fingerprint density at radius 3 is 2.50 bits per heavy atom. The fourth-order valence-corrected chi connectivity index (χ4v) is 2.06. The molecule has 2 rings (SSSR count). The van der Waals surface area contributed by atoms with E-state index in [0.717, 1.165) is 0 Å². The van der Waals surface area contributed by atoms with Crippen LogP contribution in [0.3, 0.4) is 0 Å². The zero-order valence-corrected chi connectivity index (χ0v) is 14.0. The number of hydrogen-bond donors (Lipinski definition) is 2. The quantitative estimate of drug-likeness (QED) is 0.834. The molecule has 0 aliphatic carbocycles. The van der Waals surface area contributed by atoms with Crippen molar-refractivity contribution in [3.05, 3.63) is 47.0 Å². The summed E-state index contributed by atoms with van der Waals surface area (Å²) in [6.07, 6.45) is 2.59. The Hall–Kier alpha value is -2.67. The van der Waals surface area contributed by atoms with E-state index in [2.05, 4.69) is 15.3 Å². The first-order chi connectivity index (χ1) is 11.4. The van der Waals surface area contributed by atoms with Crippen molar-refractivity contribution in [2.75, 3.05) is 11.9 Å². The van der Waals surface area contributed by atoms with Crippen molar-refractivity contribution in [1.29, 1.82) is 0 Å². The number of nitrogens with one attached hydrogen (secondary N) is 1. The van der Waals surface area contributed by atoms with Crippen LogP contribution in [0.25, 0.3) is 0 Å². The van der Waals surface area contributed by atoms with Crippen molar-refractivity contribution >= 4 is 29.1 Å². The number of rotatable bonds is 6. The normalized spacial score (nSPS) is 10.5. The second kappa shape index (κ2) is 7.74. The van der Waals surface area contributed by atoms with Gasteiger partial charge in [-0.3, -0.25) is 9.59 Å². The number of anilines is 1. The number of nitrogens with two attached hydrogens (primary N) is 1. The van der Waals surface area contributed by atoms with Crippen LogP contribution in [-0.4, -0.2) is 28.4 Å². The van der Waals surface area contributed by atoms with Gasteiger partial charge in [0.1, 0.15) is 5.75 Å². The SMILES string of the molecule is CC(C)COc1ccc(NC(=O)c2nccnc2C(N)=O)cc1Cl. The number of carbonyl (C=O) groups excluding carboxylic acids is 2. The fraction of sp³-hybridized carbons (Fsp3) is 0.250. The lowest BCUT2D eigenvalue weighted by Gasteiger charge is -2.12. The van der Waals surface area contributed by atoms with Gasteiger partial charge in [0, 0.05) is 18.1 Å². The highest BCUT2D eigenvalue weighted by atomic mass is 35.5. The van der Waals surface area contributed by atoms with Gasteiger partial charge in [-0.15, -0.1) is 0 Å². The third kappa shape index (κ3) is 4.42. The first kappa shape index (κ1) is 17.7. The molecule has 0 saturated carbocycles. The Morgan fingerprint density at radius 2 is 1.92 bits per heavy atom. The maximum absolute atomic E-state index is 12.3. The van der Waals surface area contributed by atoms with Crippen LogP contribution < -0.4 is 15.8 Å². The van der Waals surface area contributed by atoms with Gasteiger partial charge in [-0.25, -0.2) is 9.97 Å². The summed E-state index contributed by atoms with van der Waals surface area (Å²) in [5, 5.41) is 2.96. The first-order valence-electron chi connectivity index (χ1n) is 7.23. The van der Waals surface area contributed by atoms with Crippen LogP contribution in [0.4, 0.5) is 5.69 Å². The summed E-state index contributed by atoms with van der Waals surface area (Å²) in [6, 6.07) is 4.85. The molecule has 1 heterocycles. The van der Waals surface area contributed by atoms with Gasteiger partial charge in [0.25, 0.3) is 11.8 Å². The van der Waals surface area contributed by atoms with Crippen LogP contribution in [0.2, 0.25) is 5.02 Å². The van der Waals surface area contributed by atoms with Gasteiger partial charge >= 0.3 is 0 Å². The molecular formula is C16H17ClN4O3. The maximum Gasteiger partial charge on any atom is 0.276 e. The lowest BCUT2D eigenvalue weighted by atomic mass is 10.2. The lowest BCUT2D eigenvalue weighted by Crippen LogP contribution is -2.23. The number of amides is 2. The van der Waals surface area contributed by atoms with E-state index < -0.39 is 11.8 Å². The Morgan fingerprint density at radius 1 is 1.25 bits per heavy atom. The highest BCUT2D eigenvalue weighted by molar-refractivity contribution is 6.32. The van der Waals surface area contributed by atoms with Crippen molar-refractivity contribution in [2.45, 2.75) is 13.8 Å². The molecule has 2 aromatic rings. The second-order valence-corrected chi connectivity index (χ2v) is 5.83. The van der Waals surface area contributed by atoms with Crippen LogP contribution in [0.15, 0.2) is 30.6 Å². The van der Waals surface area contributed by atoms with Gasteiger partial charge in [0.05, 0.1) is 11.6 Å². The molecule has 24 heavy (non-hydrogen) atoms. The minimum atomic E-state index is -0.830. The van der Waals surface area contributed by atoms with E-state index in [4.69, 9.17) is 22.1 Å². The van der Waals surface area contributed by atoms with Gasteiger partial charge in [-0.05, 0) is 24.1 Å². The second-order valence-electron chi connectivity index (χ2n) is 5.42. The minimum absolute atomic E-state index is 0.152. The number of nitrogens with zero attached hydrogens (tertiary/aromatic N) is 2. The standard InChI is InChI=1S/C16H17ClN4O3/c1-9(2)8-24-12-4-3-10(7-11(12)17)21-16(23)14-13(15(18)22)19-5-6-20-14/h3-7,9H,8H2,1-2H3,(H2,18,22)(H,21,23). The van der Waals surface area contributed by atoms with Crippen molar-refractivity contribution < 1.29 is 14.3 Å². The summed E-state index contributed by atoms with van der Waals surface area (Å²) in [7, 11) is 0. The third-order valence-corrected chi connectivity index (χ3v) is 3.20. The van der Waals surface area contributed by atoms with E-state index in [0.29, 0.717) is 29.0 Å².